The van der Waals surface area contributed by atoms with Crippen molar-refractivity contribution in [3.63, 3.8) is 0 Å². The van der Waals surface area contributed by atoms with Crippen molar-refractivity contribution < 1.29 is 28.7 Å². The van der Waals surface area contributed by atoms with Crippen LogP contribution in [-0.2, 0) is 19.1 Å². The number of thioether (sulfide) groups is 1. The lowest BCUT2D eigenvalue weighted by atomic mass is 10.1. The van der Waals surface area contributed by atoms with E-state index >= 15 is 0 Å². The zero-order valence-corrected chi connectivity index (χ0v) is 18.7. The highest BCUT2D eigenvalue weighted by molar-refractivity contribution is 8.18. The number of carbonyl (C=O) groups excluding carboxylic acids is 4. The fourth-order valence-corrected chi connectivity index (χ4v) is 3.65. The van der Waals surface area contributed by atoms with Gasteiger partial charge in [0, 0.05) is 5.69 Å². The van der Waals surface area contributed by atoms with Gasteiger partial charge in [0.15, 0.2) is 6.61 Å². The topological polar surface area (TPSA) is 102 Å². The summed E-state index contributed by atoms with van der Waals surface area (Å²) in [5.41, 5.74) is 3.40. The lowest BCUT2D eigenvalue weighted by Gasteiger charge is -2.13. The largest absolute Gasteiger partial charge is 0.482 e. The summed E-state index contributed by atoms with van der Waals surface area (Å²) in [5.74, 6) is -1.02. The smallest absolute Gasteiger partial charge is 0.343 e. The number of hydrogen-bond acceptors (Lipinski definition) is 7. The van der Waals surface area contributed by atoms with Gasteiger partial charge >= 0.3 is 5.97 Å². The number of amides is 3. The maximum Gasteiger partial charge on any atom is 0.343 e. The van der Waals surface area contributed by atoms with E-state index in [-0.39, 0.29) is 18.1 Å². The number of aryl methyl sites for hydroxylation is 2. The molecule has 1 fully saturated rings. The molecular weight excluding hydrogens is 432 g/mol. The van der Waals surface area contributed by atoms with Crippen molar-refractivity contribution in [2.24, 2.45) is 0 Å². The molecule has 32 heavy (non-hydrogen) atoms. The Hall–Kier alpha value is -3.59. The molecule has 2 aromatic rings. The van der Waals surface area contributed by atoms with Crippen molar-refractivity contribution in [1.29, 1.82) is 0 Å². The number of hydrogen-bond donors (Lipinski definition) is 1. The van der Waals surface area contributed by atoms with E-state index in [1.165, 1.54) is 7.11 Å². The summed E-state index contributed by atoms with van der Waals surface area (Å²) in [5, 5.41) is 2.21. The molecule has 0 radical (unpaired) electrons. The first-order chi connectivity index (χ1) is 15.3. The number of nitrogens with zero attached hydrogens (tertiary/aromatic N) is 1. The Morgan fingerprint density at radius 1 is 1.06 bits per heavy atom. The number of imide groups is 1. The van der Waals surface area contributed by atoms with Gasteiger partial charge in [0.1, 0.15) is 12.3 Å². The molecular formula is C23H22N2O6S. The second-order valence-corrected chi connectivity index (χ2v) is 8.04. The van der Waals surface area contributed by atoms with Crippen LogP contribution >= 0.6 is 11.8 Å². The van der Waals surface area contributed by atoms with Crippen LogP contribution in [0.5, 0.6) is 5.75 Å². The second kappa shape index (κ2) is 10.1. The molecule has 1 aliphatic heterocycles. The predicted octanol–water partition coefficient (Wildman–Crippen LogP) is 3.53. The molecule has 0 unspecified atom stereocenters. The minimum atomic E-state index is -0.527. The van der Waals surface area contributed by atoms with E-state index in [0.29, 0.717) is 17.0 Å². The Balaban J connectivity index is 1.62. The normalized spacial score (nSPS) is 14.6. The van der Waals surface area contributed by atoms with Gasteiger partial charge in [-0.2, -0.15) is 0 Å². The molecule has 2 aromatic carbocycles. The number of ether oxygens (including phenoxy) is 2. The molecule has 0 saturated carbocycles. The number of esters is 1. The first kappa shape index (κ1) is 23.1. The SMILES string of the molecule is COC(=O)COc1ccc(C=C2SC(=O)N(CC(=O)Nc3ccc(C)c(C)c3)C2=O)cc1. The zero-order chi connectivity index (χ0) is 23.3. The molecule has 0 atom stereocenters. The third-order valence-corrected chi connectivity index (χ3v) is 5.64. The zero-order valence-electron chi connectivity index (χ0n) is 17.8. The maximum atomic E-state index is 12.6. The Bertz CT molecular complexity index is 1090. The highest BCUT2D eigenvalue weighted by Gasteiger charge is 2.36. The van der Waals surface area contributed by atoms with Crippen molar-refractivity contribution in [2.45, 2.75) is 13.8 Å². The van der Waals surface area contributed by atoms with Gasteiger partial charge in [-0.25, -0.2) is 4.79 Å². The Morgan fingerprint density at radius 3 is 2.44 bits per heavy atom. The van der Waals surface area contributed by atoms with Crippen LogP contribution in [0.2, 0.25) is 0 Å². The monoisotopic (exact) mass is 454 g/mol. The van der Waals surface area contributed by atoms with Gasteiger partial charge in [-0.15, -0.1) is 0 Å². The minimum absolute atomic E-state index is 0.209. The Morgan fingerprint density at radius 2 is 1.78 bits per heavy atom. The first-order valence-corrected chi connectivity index (χ1v) is 10.5. The predicted molar refractivity (Wildman–Crippen MR) is 121 cm³/mol. The van der Waals surface area contributed by atoms with Gasteiger partial charge in [0.05, 0.1) is 12.0 Å². The third kappa shape index (κ3) is 5.76. The summed E-state index contributed by atoms with van der Waals surface area (Å²) in [4.78, 5) is 49.6. The summed E-state index contributed by atoms with van der Waals surface area (Å²) in [6, 6.07) is 12.1. The van der Waals surface area contributed by atoms with E-state index in [2.05, 4.69) is 10.1 Å². The average Bonchev–Trinajstić information content (AvgIpc) is 3.02. The van der Waals surface area contributed by atoms with Crippen LogP contribution in [0.4, 0.5) is 10.5 Å². The van der Waals surface area contributed by atoms with E-state index in [1.807, 2.05) is 26.0 Å². The molecule has 0 spiro atoms. The third-order valence-electron chi connectivity index (χ3n) is 4.73. The highest BCUT2D eigenvalue weighted by atomic mass is 32.2. The Labute approximate surface area is 189 Å². The molecule has 3 amide bonds. The average molecular weight is 455 g/mol. The molecule has 3 rings (SSSR count). The highest BCUT2D eigenvalue weighted by Crippen LogP contribution is 2.32. The lowest BCUT2D eigenvalue weighted by Crippen LogP contribution is -2.36. The number of nitrogens with one attached hydrogen (secondary N) is 1. The molecule has 1 aliphatic rings. The molecule has 0 bridgehead atoms. The number of methoxy groups -OCH3 is 1. The lowest BCUT2D eigenvalue weighted by molar-refractivity contribution is -0.142. The summed E-state index contributed by atoms with van der Waals surface area (Å²) in [6.07, 6.45) is 1.57. The number of benzene rings is 2. The van der Waals surface area contributed by atoms with Gasteiger partial charge in [-0.05, 0) is 72.6 Å². The molecule has 8 nitrogen and oxygen atoms in total. The summed E-state index contributed by atoms with van der Waals surface area (Å²) < 4.78 is 9.78. The summed E-state index contributed by atoms with van der Waals surface area (Å²) in [6.45, 7) is 3.33. The van der Waals surface area contributed by atoms with Crippen LogP contribution < -0.4 is 10.1 Å². The maximum absolute atomic E-state index is 12.6. The Kier molecular flexibility index (Phi) is 7.32. The molecule has 1 N–H and O–H groups in total. The van der Waals surface area contributed by atoms with Gasteiger partial charge in [-0.1, -0.05) is 18.2 Å². The number of rotatable bonds is 7. The van der Waals surface area contributed by atoms with Crippen molar-refractivity contribution in [3.05, 3.63) is 64.1 Å². The molecule has 9 heteroatoms. The first-order valence-electron chi connectivity index (χ1n) is 9.69. The van der Waals surface area contributed by atoms with Gasteiger partial charge < -0.3 is 14.8 Å². The van der Waals surface area contributed by atoms with Crippen molar-refractivity contribution in [1.82, 2.24) is 4.90 Å². The van der Waals surface area contributed by atoms with Gasteiger partial charge in [-0.3, -0.25) is 19.3 Å². The van der Waals surface area contributed by atoms with Crippen LogP contribution in [0.1, 0.15) is 16.7 Å². The summed E-state index contributed by atoms with van der Waals surface area (Å²) >= 11 is 0.777. The van der Waals surface area contributed by atoms with Crippen LogP contribution in [0.3, 0.4) is 0 Å². The van der Waals surface area contributed by atoms with Gasteiger partial charge in [0.25, 0.3) is 11.1 Å². The molecule has 0 aliphatic carbocycles. The second-order valence-electron chi connectivity index (χ2n) is 7.05. The van der Waals surface area contributed by atoms with Crippen LogP contribution in [0, 0.1) is 13.8 Å². The molecule has 166 valence electrons. The van der Waals surface area contributed by atoms with Crippen molar-refractivity contribution in [2.75, 3.05) is 25.6 Å². The number of carbonyl (C=O) groups is 4. The van der Waals surface area contributed by atoms with Crippen LogP contribution in [-0.4, -0.2) is 48.2 Å². The van der Waals surface area contributed by atoms with Crippen LogP contribution in [0.15, 0.2) is 47.4 Å². The minimum Gasteiger partial charge on any atom is -0.482 e. The quantitative estimate of drug-likeness (QED) is 0.504. The molecule has 1 saturated heterocycles. The fraction of sp³-hybridized carbons (Fsp3) is 0.217. The van der Waals surface area contributed by atoms with Crippen molar-refractivity contribution >= 4 is 46.5 Å². The van der Waals surface area contributed by atoms with E-state index in [4.69, 9.17) is 4.74 Å². The van der Waals surface area contributed by atoms with E-state index in [0.717, 1.165) is 27.8 Å². The molecule has 1 heterocycles. The standard InChI is InChI=1S/C23H22N2O6S/c1-14-4-7-17(10-15(14)2)24-20(26)12-25-22(28)19(32-23(25)29)11-16-5-8-18(9-6-16)31-13-21(27)30-3/h4-11H,12-13H2,1-3H3,(H,24,26). The van der Waals surface area contributed by atoms with E-state index in [1.54, 1.807) is 36.4 Å². The van der Waals surface area contributed by atoms with E-state index < -0.39 is 23.0 Å². The molecule has 0 aromatic heterocycles. The summed E-state index contributed by atoms with van der Waals surface area (Å²) in [7, 11) is 1.27. The number of anilines is 1. The van der Waals surface area contributed by atoms with E-state index in [9.17, 15) is 19.2 Å². The van der Waals surface area contributed by atoms with Crippen LogP contribution in [0.25, 0.3) is 6.08 Å². The fourth-order valence-electron chi connectivity index (χ4n) is 2.81. The van der Waals surface area contributed by atoms with Crippen molar-refractivity contribution in [3.8, 4) is 5.75 Å². The van der Waals surface area contributed by atoms with Gasteiger partial charge in [0.2, 0.25) is 5.91 Å².